The van der Waals surface area contributed by atoms with Crippen molar-refractivity contribution in [2.45, 2.75) is 39.5 Å². The molecule has 0 bridgehead atoms. The Hall–Kier alpha value is -2.97. The van der Waals surface area contributed by atoms with Crippen molar-refractivity contribution >= 4 is 11.3 Å². The van der Waals surface area contributed by atoms with E-state index < -0.39 is 0 Å². The molecule has 1 aromatic rings. The van der Waals surface area contributed by atoms with E-state index in [4.69, 9.17) is 15.3 Å². The molecule has 0 amide bonds. The van der Waals surface area contributed by atoms with Crippen molar-refractivity contribution in [3.8, 4) is 24.0 Å². The number of methoxy groups -OCH3 is 1. The smallest absolute Gasteiger partial charge is 0.148 e. The number of hydrogen-bond donors (Lipinski definition) is 0. The van der Waals surface area contributed by atoms with Crippen LogP contribution in [0.1, 0.15) is 45.1 Å². The number of hydrogen-bond acceptors (Lipinski definition) is 5. The molecule has 0 N–H and O–H groups in total. The highest BCUT2D eigenvalue weighted by Gasteiger charge is 2.16. The Bertz CT molecular complexity index is 708. The lowest BCUT2D eigenvalue weighted by Gasteiger charge is -2.25. The molecule has 0 atom stereocenters. The molecule has 0 aliphatic heterocycles. The second-order valence-corrected chi connectivity index (χ2v) is 5.66. The molecule has 0 saturated heterocycles. The molecule has 0 aliphatic rings. The predicted octanol–water partition coefficient (Wildman–Crippen LogP) is 4.43. The van der Waals surface area contributed by atoms with Crippen LogP contribution in [0.25, 0.3) is 5.57 Å². The van der Waals surface area contributed by atoms with Crippen LogP contribution in [0.2, 0.25) is 0 Å². The minimum absolute atomic E-state index is 0.0436. The van der Waals surface area contributed by atoms with Crippen LogP contribution in [0.3, 0.4) is 0 Å². The molecule has 0 aromatic heterocycles. The van der Waals surface area contributed by atoms with Gasteiger partial charge in [-0.2, -0.15) is 15.8 Å². The van der Waals surface area contributed by atoms with Gasteiger partial charge in [0.15, 0.2) is 0 Å². The van der Waals surface area contributed by atoms with Crippen LogP contribution in [0.5, 0.6) is 5.75 Å². The fourth-order valence-corrected chi connectivity index (χ4v) is 2.54. The Labute approximate surface area is 150 Å². The summed E-state index contributed by atoms with van der Waals surface area (Å²) in [5.41, 5.74) is 1.33. The minimum atomic E-state index is -0.206. The van der Waals surface area contributed by atoms with Gasteiger partial charge in [0.05, 0.1) is 12.7 Å². The SMILES string of the molecule is CCCCN(CCCC)c1ccc(C(C#N)=C(C#N)C#N)c(OC)c1. The fourth-order valence-electron chi connectivity index (χ4n) is 2.54. The lowest BCUT2D eigenvalue weighted by molar-refractivity contribution is 0.413. The van der Waals surface area contributed by atoms with E-state index in [1.807, 2.05) is 18.2 Å². The maximum atomic E-state index is 9.37. The van der Waals surface area contributed by atoms with Crippen LogP contribution in [0, 0.1) is 34.0 Å². The Morgan fingerprint density at radius 2 is 1.60 bits per heavy atom. The zero-order chi connectivity index (χ0) is 18.7. The molecular weight excluding hydrogens is 312 g/mol. The third kappa shape index (κ3) is 5.27. The molecule has 5 heteroatoms. The number of benzene rings is 1. The lowest BCUT2D eigenvalue weighted by atomic mass is 10.0. The zero-order valence-electron chi connectivity index (χ0n) is 15.2. The van der Waals surface area contributed by atoms with E-state index in [-0.39, 0.29) is 11.1 Å². The van der Waals surface area contributed by atoms with Gasteiger partial charge in [-0.05, 0) is 25.0 Å². The number of ether oxygens (including phenoxy) is 1. The van der Waals surface area contributed by atoms with Gasteiger partial charge in [-0.3, -0.25) is 0 Å². The Balaban J connectivity index is 3.33. The first-order valence-electron chi connectivity index (χ1n) is 8.54. The maximum absolute atomic E-state index is 9.37. The van der Waals surface area contributed by atoms with Gasteiger partial charge in [0.25, 0.3) is 0 Å². The van der Waals surface area contributed by atoms with Crippen molar-refractivity contribution in [3.63, 3.8) is 0 Å². The lowest BCUT2D eigenvalue weighted by Crippen LogP contribution is -2.25. The maximum Gasteiger partial charge on any atom is 0.148 e. The van der Waals surface area contributed by atoms with Gasteiger partial charge < -0.3 is 9.64 Å². The number of unbranched alkanes of at least 4 members (excludes halogenated alkanes) is 2. The first-order chi connectivity index (χ1) is 12.2. The van der Waals surface area contributed by atoms with Gasteiger partial charge in [-0.25, -0.2) is 0 Å². The highest BCUT2D eigenvalue weighted by atomic mass is 16.5. The summed E-state index contributed by atoms with van der Waals surface area (Å²) in [6.07, 6.45) is 4.44. The quantitative estimate of drug-likeness (QED) is 0.623. The number of nitriles is 3. The van der Waals surface area contributed by atoms with Gasteiger partial charge in [0.2, 0.25) is 0 Å². The number of nitrogens with zero attached hydrogens (tertiary/aromatic N) is 4. The Kier molecular flexibility index (Phi) is 8.62. The minimum Gasteiger partial charge on any atom is -0.496 e. The second kappa shape index (κ2) is 10.7. The summed E-state index contributed by atoms with van der Waals surface area (Å²) < 4.78 is 5.44. The zero-order valence-corrected chi connectivity index (χ0v) is 15.2. The first-order valence-corrected chi connectivity index (χ1v) is 8.54. The Morgan fingerprint density at radius 1 is 1.00 bits per heavy atom. The van der Waals surface area contributed by atoms with Crippen molar-refractivity contribution < 1.29 is 4.74 Å². The third-order valence-electron chi connectivity index (χ3n) is 3.97. The van der Waals surface area contributed by atoms with E-state index in [0.717, 1.165) is 44.5 Å². The van der Waals surface area contributed by atoms with Crippen LogP contribution in [-0.4, -0.2) is 20.2 Å². The molecule has 0 radical (unpaired) electrons. The van der Waals surface area contributed by atoms with Crippen molar-refractivity contribution in [3.05, 3.63) is 29.3 Å². The van der Waals surface area contributed by atoms with Gasteiger partial charge in [0.1, 0.15) is 29.5 Å². The number of rotatable bonds is 9. The third-order valence-corrected chi connectivity index (χ3v) is 3.97. The largest absolute Gasteiger partial charge is 0.496 e. The summed E-state index contributed by atoms with van der Waals surface area (Å²) in [5.74, 6) is 0.495. The molecule has 130 valence electrons. The summed E-state index contributed by atoms with van der Waals surface area (Å²) in [6.45, 7) is 6.25. The summed E-state index contributed by atoms with van der Waals surface area (Å²) in [6, 6.07) is 11.1. The normalized spacial score (nSPS) is 9.44. The van der Waals surface area contributed by atoms with E-state index in [0.29, 0.717) is 11.3 Å². The first kappa shape index (κ1) is 20.1. The molecule has 25 heavy (non-hydrogen) atoms. The molecule has 0 heterocycles. The monoisotopic (exact) mass is 336 g/mol. The van der Waals surface area contributed by atoms with Crippen LogP contribution >= 0.6 is 0 Å². The van der Waals surface area contributed by atoms with Crippen LogP contribution in [0.4, 0.5) is 5.69 Å². The van der Waals surface area contributed by atoms with Gasteiger partial charge in [-0.15, -0.1) is 0 Å². The van der Waals surface area contributed by atoms with Crippen LogP contribution < -0.4 is 9.64 Å². The van der Waals surface area contributed by atoms with Crippen LogP contribution in [-0.2, 0) is 0 Å². The van der Waals surface area contributed by atoms with Crippen molar-refractivity contribution in [1.29, 1.82) is 15.8 Å². The molecule has 1 rings (SSSR count). The van der Waals surface area contributed by atoms with E-state index in [9.17, 15) is 5.26 Å². The molecule has 1 aromatic carbocycles. The summed E-state index contributed by atoms with van der Waals surface area (Å²) >= 11 is 0. The summed E-state index contributed by atoms with van der Waals surface area (Å²) in [4.78, 5) is 2.31. The van der Waals surface area contributed by atoms with Gasteiger partial charge in [0, 0.05) is 30.4 Å². The van der Waals surface area contributed by atoms with E-state index >= 15 is 0 Å². The van der Waals surface area contributed by atoms with Gasteiger partial charge >= 0.3 is 0 Å². The second-order valence-electron chi connectivity index (χ2n) is 5.66. The van der Waals surface area contributed by atoms with Gasteiger partial charge in [-0.1, -0.05) is 26.7 Å². The Morgan fingerprint density at radius 3 is 2.04 bits per heavy atom. The summed E-state index contributed by atoms with van der Waals surface area (Å²) in [5, 5.41) is 27.5. The molecule has 0 spiro atoms. The number of allylic oxidation sites excluding steroid dienone is 2. The summed E-state index contributed by atoms with van der Waals surface area (Å²) in [7, 11) is 1.53. The molecule has 0 aliphatic carbocycles. The molecule has 0 unspecified atom stereocenters. The van der Waals surface area contributed by atoms with Crippen molar-refractivity contribution in [1.82, 2.24) is 0 Å². The van der Waals surface area contributed by atoms with Crippen molar-refractivity contribution in [2.24, 2.45) is 0 Å². The van der Waals surface area contributed by atoms with E-state index in [2.05, 4.69) is 18.7 Å². The highest BCUT2D eigenvalue weighted by molar-refractivity contribution is 5.87. The molecule has 0 fully saturated rings. The molecular formula is C20H24N4O. The average Bonchev–Trinajstić information content (AvgIpc) is 2.66. The number of anilines is 1. The van der Waals surface area contributed by atoms with Crippen LogP contribution in [0.15, 0.2) is 23.8 Å². The predicted molar refractivity (Wildman–Crippen MR) is 98.8 cm³/mol. The molecule has 5 nitrogen and oxygen atoms in total. The van der Waals surface area contributed by atoms with E-state index in [1.165, 1.54) is 7.11 Å². The van der Waals surface area contributed by atoms with E-state index in [1.54, 1.807) is 18.2 Å². The standard InChI is InChI=1S/C20H24N4O/c1-4-6-10-24(11-7-5-2)17-8-9-18(20(12-17)25-3)19(15-23)16(13-21)14-22/h8-9,12H,4-7,10-11H2,1-3H3. The fraction of sp³-hybridized carbons (Fsp3) is 0.450. The van der Waals surface area contributed by atoms with Crippen molar-refractivity contribution in [2.75, 3.05) is 25.1 Å². The molecule has 0 saturated carbocycles. The average molecular weight is 336 g/mol. The topological polar surface area (TPSA) is 83.8 Å². The highest BCUT2D eigenvalue weighted by Crippen LogP contribution is 2.32.